The van der Waals surface area contributed by atoms with Gasteiger partial charge < -0.3 is 14.8 Å². The first-order chi connectivity index (χ1) is 12.9. The maximum absolute atomic E-state index is 12.3. The smallest absolute Gasteiger partial charge is 0.337 e. The third-order valence-corrected chi connectivity index (χ3v) is 4.15. The van der Waals surface area contributed by atoms with Gasteiger partial charge in [-0.15, -0.1) is 0 Å². The molecule has 2 rings (SSSR count). The lowest BCUT2D eigenvalue weighted by atomic mass is 10.1. The molecule has 0 aliphatic carbocycles. The van der Waals surface area contributed by atoms with Crippen molar-refractivity contribution in [2.75, 3.05) is 39.2 Å². The molecule has 0 saturated heterocycles. The van der Waals surface area contributed by atoms with Crippen molar-refractivity contribution in [1.29, 1.82) is 0 Å². The number of aryl methyl sites for hydroxylation is 1. The summed E-state index contributed by atoms with van der Waals surface area (Å²) in [7, 11) is 3.16. The number of nitrogens with zero attached hydrogens (tertiary/aromatic N) is 1. The van der Waals surface area contributed by atoms with E-state index in [9.17, 15) is 9.59 Å². The molecule has 7 heteroatoms. The molecule has 27 heavy (non-hydrogen) atoms. The molecule has 0 radical (unpaired) electrons. The van der Waals surface area contributed by atoms with Crippen LogP contribution in [-0.4, -0.2) is 50.6 Å². The average Bonchev–Trinajstić information content (AvgIpc) is 2.64. The summed E-state index contributed by atoms with van der Waals surface area (Å²) in [4.78, 5) is 25.8. The number of amides is 1. The minimum atomic E-state index is -0.443. The zero-order chi connectivity index (χ0) is 19.8. The van der Waals surface area contributed by atoms with Crippen LogP contribution in [0.15, 0.2) is 42.5 Å². The molecule has 0 unspecified atom stereocenters. The molecule has 0 fully saturated rings. The molecule has 0 spiro atoms. The van der Waals surface area contributed by atoms with Crippen molar-refractivity contribution in [3.8, 4) is 5.75 Å². The Hall–Kier alpha value is -2.57. The highest BCUT2D eigenvalue weighted by molar-refractivity contribution is 6.30. The number of hydrogen-bond acceptors (Lipinski definition) is 5. The predicted molar refractivity (Wildman–Crippen MR) is 106 cm³/mol. The molecule has 144 valence electrons. The van der Waals surface area contributed by atoms with E-state index in [1.54, 1.807) is 42.5 Å². The van der Waals surface area contributed by atoms with Gasteiger partial charge in [-0.25, -0.2) is 4.79 Å². The Bertz CT molecular complexity index is 793. The van der Waals surface area contributed by atoms with Gasteiger partial charge in [0.15, 0.2) is 0 Å². The number of hydrogen-bond donors (Lipinski definition) is 1. The lowest BCUT2D eigenvalue weighted by Gasteiger charge is -2.17. The monoisotopic (exact) mass is 390 g/mol. The fraction of sp³-hybridized carbons (Fsp3) is 0.300. The number of halogens is 1. The van der Waals surface area contributed by atoms with Crippen molar-refractivity contribution in [2.45, 2.75) is 6.92 Å². The Kier molecular flexibility index (Phi) is 7.64. The molecule has 2 aromatic carbocycles. The largest absolute Gasteiger partial charge is 0.492 e. The van der Waals surface area contributed by atoms with Crippen LogP contribution in [0.2, 0.25) is 5.02 Å². The Morgan fingerprint density at radius 3 is 2.52 bits per heavy atom. The Labute approximate surface area is 164 Å². The molecule has 0 saturated carbocycles. The Morgan fingerprint density at radius 2 is 1.85 bits per heavy atom. The van der Waals surface area contributed by atoms with Gasteiger partial charge in [-0.3, -0.25) is 9.69 Å². The molecule has 0 aromatic heterocycles. The molecular weight excluding hydrogens is 368 g/mol. The number of nitrogens with one attached hydrogen (secondary N) is 1. The van der Waals surface area contributed by atoms with Crippen molar-refractivity contribution < 1.29 is 19.1 Å². The summed E-state index contributed by atoms with van der Waals surface area (Å²) in [5, 5.41) is 3.49. The van der Waals surface area contributed by atoms with Gasteiger partial charge in [0.05, 0.1) is 19.2 Å². The molecule has 1 amide bonds. The van der Waals surface area contributed by atoms with E-state index in [-0.39, 0.29) is 12.5 Å². The third-order valence-electron chi connectivity index (χ3n) is 3.90. The van der Waals surface area contributed by atoms with E-state index in [0.717, 1.165) is 11.3 Å². The van der Waals surface area contributed by atoms with E-state index in [1.165, 1.54) is 7.11 Å². The maximum Gasteiger partial charge on any atom is 0.337 e. The van der Waals surface area contributed by atoms with E-state index in [1.807, 2.05) is 18.9 Å². The van der Waals surface area contributed by atoms with Crippen molar-refractivity contribution in [3.63, 3.8) is 0 Å². The van der Waals surface area contributed by atoms with Crippen LogP contribution < -0.4 is 10.1 Å². The van der Waals surface area contributed by atoms with Gasteiger partial charge in [0, 0.05) is 17.3 Å². The number of esters is 1. The van der Waals surface area contributed by atoms with E-state index >= 15 is 0 Å². The second-order valence-electron chi connectivity index (χ2n) is 6.11. The fourth-order valence-electron chi connectivity index (χ4n) is 2.37. The first kappa shape index (κ1) is 20.7. The number of ether oxygens (including phenoxy) is 2. The van der Waals surface area contributed by atoms with E-state index in [2.05, 4.69) is 5.32 Å². The van der Waals surface area contributed by atoms with Crippen LogP contribution in [0.25, 0.3) is 0 Å². The average molecular weight is 391 g/mol. The standard InChI is InChI=1S/C20H23ClN2O4/c1-14-4-5-15(20(25)26-3)12-18(14)22-19(24)13-23(2)10-11-27-17-8-6-16(21)7-9-17/h4-9,12H,10-11,13H2,1-3H3,(H,22,24). The van der Waals surface area contributed by atoms with Crippen LogP contribution in [0.5, 0.6) is 5.75 Å². The summed E-state index contributed by atoms with van der Waals surface area (Å²) in [5.74, 6) is 0.114. The minimum absolute atomic E-state index is 0.172. The number of benzene rings is 2. The molecule has 0 bridgehead atoms. The van der Waals surface area contributed by atoms with E-state index < -0.39 is 5.97 Å². The van der Waals surface area contributed by atoms with Crippen molar-refractivity contribution in [3.05, 3.63) is 58.6 Å². The summed E-state index contributed by atoms with van der Waals surface area (Å²) < 4.78 is 10.3. The number of rotatable bonds is 8. The highest BCUT2D eigenvalue weighted by atomic mass is 35.5. The third kappa shape index (κ3) is 6.58. The van der Waals surface area contributed by atoms with Gasteiger partial charge in [0.25, 0.3) is 0 Å². The Morgan fingerprint density at radius 1 is 1.15 bits per heavy atom. The highest BCUT2D eigenvalue weighted by Crippen LogP contribution is 2.18. The van der Waals surface area contributed by atoms with E-state index in [0.29, 0.717) is 29.4 Å². The summed E-state index contributed by atoms with van der Waals surface area (Å²) in [6.45, 7) is 3.09. The highest BCUT2D eigenvalue weighted by Gasteiger charge is 2.12. The van der Waals surface area contributed by atoms with E-state index in [4.69, 9.17) is 21.1 Å². The second-order valence-corrected chi connectivity index (χ2v) is 6.55. The van der Waals surface area contributed by atoms with Gasteiger partial charge in [0.1, 0.15) is 12.4 Å². The van der Waals surface area contributed by atoms with Crippen LogP contribution in [0.4, 0.5) is 5.69 Å². The van der Waals surface area contributed by atoms with Crippen LogP contribution in [-0.2, 0) is 9.53 Å². The first-order valence-corrected chi connectivity index (χ1v) is 8.82. The summed E-state index contributed by atoms with van der Waals surface area (Å²) >= 11 is 5.83. The second kappa shape index (κ2) is 9.94. The minimum Gasteiger partial charge on any atom is -0.492 e. The topological polar surface area (TPSA) is 67.9 Å². The molecule has 0 aliphatic rings. The van der Waals surface area contributed by atoms with Crippen LogP contribution >= 0.6 is 11.6 Å². The maximum atomic E-state index is 12.3. The van der Waals surface area contributed by atoms with Gasteiger partial charge >= 0.3 is 5.97 Å². The van der Waals surface area contributed by atoms with Gasteiger partial charge in [-0.2, -0.15) is 0 Å². The van der Waals surface area contributed by atoms with Crippen molar-refractivity contribution >= 4 is 29.2 Å². The van der Waals surface area contributed by atoms with Crippen LogP contribution in [0, 0.1) is 6.92 Å². The van der Waals surface area contributed by atoms with Crippen molar-refractivity contribution in [2.24, 2.45) is 0 Å². The number of carbonyl (C=O) groups excluding carboxylic acids is 2. The summed E-state index contributed by atoms with van der Waals surface area (Å²) in [6.07, 6.45) is 0. The first-order valence-electron chi connectivity index (χ1n) is 8.45. The van der Waals surface area contributed by atoms with Crippen LogP contribution in [0.3, 0.4) is 0 Å². The van der Waals surface area contributed by atoms with Crippen molar-refractivity contribution in [1.82, 2.24) is 4.90 Å². The molecule has 6 nitrogen and oxygen atoms in total. The van der Waals surface area contributed by atoms with Gasteiger partial charge in [-0.1, -0.05) is 17.7 Å². The predicted octanol–water partition coefficient (Wildman–Crippen LogP) is 3.38. The zero-order valence-electron chi connectivity index (χ0n) is 15.6. The SMILES string of the molecule is COC(=O)c1ccc(C)c(NC(=O)CN(C)CCOc2ccc(Cl)cc2)c1. The number of methoxy groups -OCH3 is 1. The molecule has 1 N–H and O–H groups in total. The number of carbonyl (C=O) groups is 2. The molecule has 0 heterocycles. The summed E-state index contributed by atoms with van der Waals surface area (Å²) in [6, 6.07) is 12.2. The lowest BCUT2D eigenvalue weighted by Crippen LogP contribution is -2.33. The van der Waals surface area contributed by atoms with Gasteiger partial charge in [0.2, 0.25) is 5.91 Å². The molecular formula is C20H23ClN2O4. The zero-order valence-corrected chi connectivity index (χ0v) is 16.4. The normalized spacial score (nSPS) is 10.6. The Balaban J connectivity index is 1.82. The molecule has 0 atom stereocenters. The summed E-state index contributed by atoms with van der Waals surface area (Å²) in [5.41, 5.74) is 1.85. The quantitative estimate of drug-likeness (QED) is 0.700. The molecule has 2 aromatic rings. The van der Waals surface area contributed by atoms with Gasteiger partial charge in [-0.05, 0) is 55.9 Å². The molecule has 0 aliphatic heterocycles. The number of likely N-dealkylation sites (N-methyl/N-ethyl adjacent to an activating group) is 1. The lowest BCUT2D eigenvalue weighted by molar-refractivity contribution is -0.117. The van der Waals surface area contributed by atoms with Crippen LogP contribution in [0.1, 0.15) is 15.9 Å². The number of anilines is 1. The fourth-order valence-corrected chi connectivity index (χ4v) is 2.49.